The number of anilines is 2. The molecule has 0 spiro atoms. The molecule has 0 saturated heterocycles. The van der Waals surface area contributed by atoms with Gasteiger partial charge in [-0.2, -0.15) is 13.2 Å². The molecule has 2 N–H and O–H groups in total. The van der Waals surface area contributed by atoms with Crippen molar-refractivity contribution in [1.82, 2.24) is 0 Å². The van der Waals surface area contributed by atoms with Gasteiger partial charge in [0.05, 0.1) is 10.3 Å². The standard InChI is InChI=1S/C17H11F3N2O5S/c1-22(9-4-2-3-8(5-9)17(18,19)20)16(26)21-13-7-11-12(28-13)6-10(14(23)24)15(25)27-11/h2-7H,1H3,(H,21,26)(H,23,24). The number of benzene rings is 1. The summed E-state index contributed by atoms with van der Waals surface area (Å²) in [6.07, 6.45) is -4.54. The molecule has 2 amide bonds. The van der Waals surface area contributed by atoms with Crippen LogP contribution in [0.3, 0.4) is 0 Å². The van der Waals surface area contributed by atoms with Gasteiger partial charge in [0.2, 0.25) is 0 Å². The lowest BCUT2D eigenvalue weighted by atomic mass is 10.2. The minimum Gasteiger partial charge on any atom is -0.477 e. The van der Waals surface area contributed by atoms with Crippen molar-refractivity contribution in [2.24, 2.45) is 0 Å². The third-order valence-electron chi connectivity index (χ3n) is 3.75. The van der Waals surface area contributed by atoms with Gasteiger partial charge in [-0.05, 0) is 24.3 Å². The molecule has 3 rings (SSSR count). The van der Waals surface area contributed by atoms with Crippen LogP contribution < -0.4 is 15.8 Å². The number of hydrogen-bond acceptors (Lipinski definition) is 5. The smallest absolute Gasteiger partial charge is 0.416 e. The molecule has 0 saturated carbocycles. The molecule has 0 aliphatic carbocycles. The van der Waals surface area contributed by atoms with Gasteiger partial charge in [-0.3, -0.25) is 10.2 Å². The van der Waals surface area contributed by atoms with Gasteiger partial charge in [0.25, 0.3) is 0 Å². The van der Waals surface area contributed by atoms with Gasteiger partial charge < -0.3 is 9.52 Å². The molecule has 11 heteroatoms. The van der Waals surface area contributed by atoms with E-state index in [0.717, 1.165) is 34.4 Å². The summed E-state index contributed by atoms with van der Waals surface area (Å²) in [5, 5.41) is 11.6. The Morgan fingerprint density at radius 1 is 1.21 bits per heavy atom. The van der Waals surface area contributed by atoms with Gasteiger partial charge >= 0.3 is 23.8 Å². The van der Waals surface area contributed by atoms with E-state index in [0.29, 0.717) is 4.70 Å². The zero-order valence-electron chi connectivity index (χ0n) is 14.0. The second-order valence-electron chi connectivity index (χ2n) is 5.63. The number of rotatable bonds is 3. The molecule has 0 bridgehead atoms. The molecule has 146 valence electrons. The number of fused-ring (bicyclic) bond motifs is 1. The van der Waals surface area contributed by atoms with E-state index in [1.807, 2.05) is 0 Å². The molecule has 0 aliphatic rings. The summed E-state index contributed by atoms with van der Waals surface area (Å²) in [5.74, 6) is -1.45. The normalized spacial score (nSPS) is 11.4. The van der Waals surface area contributed by atoms with Crippen LogP contribution in [-0.2, 0) is 6.18 Å². The summed E-state index contributed by atoms with van der Waals surface area (Å²) in [4.78, 5) is 35.9. The van der Waals surface area contributed by atoms with Crippen molar-refractivity contribution in [3.8, 4) is 0 Å². The predicted molar refractivity (Wildman–Crippen MR) is 96.2 cm³/mol. The van der Waals surface area contributed by atoms with Crippen LogP contribution in [0.15, 0.2) is 45.6 Å². The van der Waals surface area contributed by atoms with E-state index < -0.39 is 34.9 Å². The molecular weight excluding hydrogens is 401 g/mol. The molecule has 2 heterocycles. The highest BCUT2D eigenvalue weighted by molar-refractivity contribution is 7.22. The van der Waals surface area contributed by atoms with Crippen LogP contribution in [-0.4, -0.2) is 24.2 Å². The van der Waals surface area contributed by atoms with E-state index in [2.05, 4.69) is 5.32 Å². The third kappa shape index (κ3) is 3.83. The van der Waals surface area contributed by atoms with Crippen molar-refractivity contribution < 1.29 is 32.3 Å². The number of hydrogen-bond donors (Lipinski definition) is 2. The topological polar surface area (TPSA) is 99.9 Å². The Bertz CT molecular complexity index is 1140. The molecule has 0 fully saturated rings. The van der Waals surface area contributed by atoms with Crippen LogP contribution in [0.4, 0.5) is 28.7 Å². The molecule has 1 aromatic carbocycles. The molecule has 0 atom stereocenters. The zero-order valence-corrected chi connectivity index (χ0v) is 14.9. The van der Waals surface area contributed by atoms with Gasteiger partial charge in [0.1, 0.15) is 10.6 Å². The molecule has 0 unspecified atom stereocenters. The molecule has 2 aromatic heterocycles. The van der Waals surface area contributed by atoms with E-state index >= 15 is 0 Å². The number of carboxylic acids is 1. The Kier molecular flexibility index (Phi) is 4.86. The Balaban J connectivity index is 1.84. The fourth-order valence-corrected chi connectivity index (χ4v) is 3.24. The minimum absolute atomic E-state index is 0.0214. The van der Waals surface area contributed by atoms with Crippen molar-refractivity contribution in [3.63, 3.8) is 0 Å². The van der Waals surface area contributed by atoms with Gasteiger partial charge in [-0.15, -0.1) is 11.3 Å². The van der Waals surface area contributed by atoms with Crippen molar-refractivity contribution >= 4 is 44.3 Å². The van der Waals surface area contributed by atoms with Gasteiger partial charge in [-0.25, -0.2) is 14.4 Å². The van der Waals surface area contributed by atoms with Crippen LogP contribution in [0.2, 0.25) is 0 Å². The van der Waals surface area contributed by atoms with E-state index in [-0.39, 0.29) is 16.3 Å². The number of alkyl halides is 3. The number of urea groups is 1. The number of nitrogens with zero attached hydrogens (tertiary/aromatic N) is 1. The van der Waals surface area contributed by atoms with Crippen molar-refractivity contribution in [3.05, 3.63) is 57.9 Å². The van der Waals surface area contributed by atoms with E-state index in [4.69, 9.17) is 9.52 Å². The molecule has 7 nitrogen and oxygen atoms in total. The number of halogens is 3. The first-order chi connectivity index (χ1) is 13.1. The number of carbonyl (C=O) groups excluding carboxylic acids is 1. The largest absolute Gasteiger partial charge is 0.477 e. The van der Waals surface area contributed by atoms with Gasteiger partial charge in [0, 0.05) is 18.8 Å². The van der Waals surface area contributed by atoms with Crippen molar-refractivity contribution in [2.75, 3.05) is 17.3 Å². The zero-order chi connectivity index (χ0) is 20.6. The first kappa shape index (κ1) is 19.4. The van der Waals surface area contributed by atoms with E-state index in [1.54, 1.807) is 0 Å². The van der Waals surface area contributed by atoms with Crippen LogP contribution in [0, 0.1) is 0 Å². The summed E-state index contributed by atoms with van der Waals surface area (Å²) in [6, 6.07) is 5.98. The Morgan fingerprint density at radius 2 is 1.93 bits per heavy atom. The summed E-state index contributed by atoms with van der Waals surface area (Å²) >= 11 is 0.951. The predicted octanol–water partition coefficient (Wildman–Crippen LogP) is 4.24. The highest BCUT2D eigenvalue weighted by Gasteiger charge is 2.31. The Hall–Kier alpha value is -3.34. The summed E-state index contributed by atoms with van der Waals surface area (Å²) < 4.78 is 43.7. The Morgan fingerprint density at radius 3 is 2.57 bits per heavy atom. The second-order valence-corrected chi connectivity index (χ2v) is 6.71. The quantitative estimate of drug-likeness (QED) is 0.670. The van der Waals surface area contributed by atoms with Crippen molar-refractivity contribution in [2.45, 2.75) is 6.18 Å². The van der Waals surface area contributed by atoms with Crippen LogP contribution in [0.1, 0.15) is 15.9 Å². The first-order valence-electron chi connectivity index (χ1n) is 7.59. The summed E-state index contributed by atoms with van der Waals surface area (Å²) in [5.41, 5.74) is -2.37. The van der Waals surface area contributed by atoms with E-state index in [1.165, 1.54) is 25.2 Å². The number of carboxylic acid groups (broad SMARTS) is 1. The number of nitrogens with one attached hydrogen (secondary N) is 1. The van der Waals surface area contributed by atoms with Crippen LogP contribution in [0.25, 0.3) is 10.3 Å². The average molecular weight is 412 g/mol. The lowest BCUT2D eigenvalue weighted by Gasteiger charge is -2.18. The fourth-order valence-electron chi connectivity index (χ4n) is 2.32. The van der Waals surface area contributed by atoms with E-state index in [9.17, 15) is 27.6 Å². The highest BCUT2D eigenvalue weighted by Crippen LogP contribution is 2.32. The SMILES string of the molecule is CN(C(=O)Nc1cc2oc(=O)c(C(=O)O)cc2s1)c1cccc(C(F)(F)F)c1. The maximum absolute atomic E-state index is 12.8. The first-order valence-corrected chi connectivity index (χ1v) is 8.41. The lowest BCUT2D eigenvalue weighted by molar-refractivity contribution is -0.137. The summed E-state index contributed by atoms with van der Waals surface area (Å²) in [7, 11) is 1.29. The van der Waals surface area contributed by atoms with Gasteiger partial charge in [0.15, 0.2) is 5.58 Å². The molecular formula is C17H11F3N2O5S. The monoisotopic (exact) mass is 412 g/mol. The molecule has 3 aromatic rings. The number of aromatic carboxylic acids is 1. The number of carbonyl (C=O) groups is 2. The van der Waals surface area contributed by atoms with Crippen LogP contribution in [0.5, 0.6) is 0 Å². The minimum atomic E-state index is -4.54. The second kappa shape index (κ2) is 7.00. The fraction of sp³-hybridized carbons (Fsp3) is 0.118. The summed E-state index contributed by atoms with van der Waals surface area (Å²) in [6.45, 7) is 0. The average Bonchev–Trinajstić information content (AvgIpc) is 3.00. The Labute approximate surface area is 158 Å². The number of thiophene rings is 1. The van der Waals surface area contributed by atoms with Crippen LogP contribution >= 0.6 is 11.3 Å². The molecule has 0 radical (unpaired) electrons. The lowest BCUT2D eigenvalue weighted by Crippen LogP contribution is -2.31. The maximum Gasteiger partial charge on any atom is 0.416 e. The highest BCUT2D eigenvalue weighted by atomic mass is 32.1. The molecule has 28 heavy (non-hydrogen) atoms. The maximum atomic E-state index is 12.8. The molecule has 0 aliphatic heterocycles. The van der Waals surface area contributed by atoms with Crippen molar-refractivity contribution in [1.29, 1.82) is 0 Å². The third-order valence-corrected chi connectivity index (χ3v) is 4.73. The van der Waals surface area contributed by atoms with Gasteiger partial charge in [-0.1, -0.05) is 6.07 Å². The number of amides is 2.